The minimum atomic E-state index is -3.52. The predicted molar refractivity (Wildman–Crippen MR) is 126 cm³/mol. The number of sulfone groups is 1. The van der Waals surface area contributed by atoms with Crippen LogP contribution in [0.5, 0.6) is 0 Å². The Labute approximate surface area is 186 Å². The lowest BCUT2D eigenvalue weighted by Crippen LogP contribution is -2.11. The Morgan fingerprint density at radius 2 is 1.74 bits per heavy atom. The van der Waals surface area contributed by atoms with Crippen LogP contribution in [0.25, 0.3) is 10.8 Å². The van der Waals surface area contributed by atoms with E-state index < -0.39 is 9.84 Å². The fourth-order valence-electron chi connectivity index (χ4n) is 3.40. The summed E-state index contributed by atoms with van der Waals surface area (Å²) >= 11 is 1.55. The van der Waals surface area contributed by atoms with Gasteiger partial charge in [0.05, 0.1) is 4.90 Å². The monoisotopic (exact) mass is 449 g/mol. The van der Waals surface area contributed by atoms with E-state index in [-0.39, 0.29) is 10.6 Å². The minimum Gasteiger partial charge on any atom is -0.301 e. The summed E-state index contributed by atoms with van der Waals surface area (Å²) in [5, 5.41) is 11.6. The third kappa shape index (κ3) is 4.73. The van der Waals surface area contributed by atoms with Crippen molar-refractivity contribution in [3.05, 3.63) is 96.3 Å². The van der Waals surface area contributed by atoms with Gasteiger partial charge in [-0.25, -0.2) is 8.42 Å². The molecular formula is C24H23N3O2S2. The molecule has 0 amide bonds. The third-order valence-electron chi connectivity index (χ3n) is 5.04. The molecule has 0 aliphatic carbocycles. The van der Waals surface area contributed by atoms with Crippen LogP contribution in [0.3, 0.4) is 0 Å². The van der Waals surface area contributed by atoms with E-state index >= 15 is 0 Å². The van der Waals surface area contributed by atoms with E-state index in [9.17, 15) is 8.42 Å². The summed E-state index contributed by atoms with van der Waals surface area (Å²) in [6.07, 6.45) is 1.73. The number of hydrogen-bond donors (Lipinski definition) is 0. The fraction of sp³-hybridized carbons (Fsp3) is 0.167. The van der Waals surface area contributed by atoms with Crippen molar-refractivity contribution in [3.63, 3.8) is 0 Å². The quantitative estimate of drug-likeness (QED) is 0.273. The SMILES string of the molecule is C=CCn1c(CS(=O)(=O)c2ccc(C)cc2)nnc1SCc1cccc2ccccc12. The van der Waals surface area contributed by atoms with Crippen molar-refractivity contribution >= 4 is 32.4 Å². The molecule has 0 fully saturated rings. The summed E-state index contributed by atoms with van der Waals surface area (Å²) in [7, 11) is -3.52. The molecule has 0 aliphatic heterocycles. The zero-order chi connectivity index (χ0) is 21.8. The first-order valence-corrected chi connectivity index (χ1v) is 12.5. The first-order chi connectivity index (χ1) is 15.0. The number of allylic oxidation sites excluding steroid dienone is 1. The molecule has 3 aromatic carbocycles. The summed E-state index contributed by atoms with van der Waals surface area (Å²) in [5.41, 5.74) is 2.21. The van der Waals surface area contributed by atoms with Gasteiger partial charge in [-0.2, -0.15) is 0 Å². The van der Waals surface area contributed by atoms with Crippen LogP contribution in [0.2, 0.25) is 0 Å². The minimum absolute atomic E-state index is 0.203. The molecule has 0 radical (unpaired) electrons. The second-order valence-corrected chi connectivity index (χ2v) is 10.2. The molecule has 0 saturated heterocycles. The number of thioether (sulfide) groups is 1. The van der Waals surface area contributed by atoms with Crippen LogP contribution >= 0.6 is 11.8 Å². The number of nitrogens with zero attached hydrogens (tertiary/aromatic N) is 3. The average molecular weight is 450 g/mol. The van der Waals surface area contributed by atoms with E-state index in [0.29, 0.717) is 23.3 Å². The number of aromatic nitrogens is 3. The maximum atomic E-state index is 12.9. The molecule has 0 atom stereocenters. The second kappa shape index (κ2) is 9.08. The Balaban J connectivity index is 1.58. The van der Waals surface area contributed by atoms with Gasteiger partial charge in [0, 0.05) is 12.3 Å². The van der Waals surface area contributed by atoms with Crippen LogP contribution in [-0.2, 0) is 27.9 Å². The smallest absolute Gasteiger partial charge is 0.191 e. The zero-order valence-electron chi connectivity index (χ0n) is 17.2. The van der Waals surface area contributed by atoms with Crippen LogP contribution in [0.1, 0.15) is 17.0 Å². The molecule has 4 aromatic rings. The molecule has 31 heavy (non-hydrogen) atoms. The maximum absolute atomic E-state index is 12.9. The van der Waals surface area contributed by atoms with E-state index in [1.54, 1.807) is 42.1 Å². The highest BCUT2D eigenvalue weighted by molar-refractivity contribution is 7.98. The van der Waals surface area contributed by atoms with Crippen LogP contribution in [0, 0.1) is 6.92 Å². The Kier molecular flexibility index (Phi) is 6.25. The molecule has 0 spiro atoms. The van der Waals surface area contributed by atoms with Crippen molar-refractivity contribution in [3.8, 4) is 0 Å². The highest BCUT2D eigenvalue weighted by Gasteiger charge is 2.21. The van der Waals surface area contributed by atoms with Crippen molar-refractivity contribution in [1.82, 2.24) is 14.8 Å². The van der Waals surface area contributed by atoms with Crippen LogP contribution in [0.4, 0.5) is 0 Å². The lowest BCUT2D eigenvalue weighted by molar-refractivity contribution is 0.590. The van der Waals surface area contributed by atoms with Crippen LogP contribution in [0.15, 0.2) is 89.4 Å². The van der Waals surface area contributed by atoms with Gasteiger partial charge in [-0.15, -0.1) is 16.8 Å². The van der Waals surface area contributed by atoms with Crippen molar-refractivity contribution in [2.75, 3.05) is 0 Å². The van der Waals surface area contributed by atoms with Gasteiger partial charge in [-0.1, -0.05) is 78.0 Å². The Morgan fingerprint density at radius 3 is 2.52 bits per heavy atom. The second-order valence-electron chi connectivity index (χ2n) is 7.30. The first kappa shape index (κ1) is 21.3. The average Bonchev–Trinajstić information content (AvgIpc) is 3.13. The maximum Gasteiger partial charge on any atom is 0.191 e. The molecule has 1 aromatic heterocycles. The number of hydrogen-bond acceptors (Lipinski definition) is 5. The van der Waals surface area contributed by atoms with Gasteiger partial charge in [-0.05, 0) is 35.4 Å². The third-order valence-corrected chi connectivity index (χ3v) is 7.69. The largest absolute Gasteiger partial charge is 0.301 e. The number of rotatable bonds is 8. The predicted octanol–water partition coefficient (Wildman–Crippen LogP) is 5.19. The van der Waals surface area contributed by atoms with E-state index in [2.05, 4.69) is 41.0 Å². The molecule has 0 saturated carbocycles. The molecule has 1 heterocycles. The Morgan fingerprint density at radius 1 is 1.00 bits per heavy atom. The van der Waals surface area contributed by atoms with Gasteiger partial charge in [0.25, 0.3) is 0 Å². The van der Waals surface area contributed by atoms with Crippen molar-refractivity contribution in [2.45, 2.75) is 35.0 Å². The zero-order valence-corrected chi connectivity index (χ0v) is 18.9. The normalized spacial score (nSPS) is 11.6. The Hall–Kier alpha value is -2.90. The number of fused-ring (bicyclic) bond motifs is 1. The summed E-state index contributed by atoms with van der Waals surface area (Å²) in [6, 6.07) is 21.4. The van der Waals surface area contributed by atoms with Gasteiger partial charge >= 0.3 is 0 Å². The molecule has 7 heteroatoms. The molecule has 158 valence electrons. The Bertz CT molecular complexity index is 1320. The van der Waals surface area contributed by atoms with Crippen molar-refractivity contribution < 1.29 is 8.42 Å². The molecule has 0 bridgehead atoms. The van der Waals surface area contributed by atoms with Crippen LogP contribution < -0.4 is 0 Å². The molecule has 0 unspecified atom stereocenters. The molecular weight excluding hydrogens is 426 g/mol. The van der Waals surface area contributed by atoms with E-state index in [1.165, 1.54) is 16.3 Å². The standard InChI is InChI=1S/C24H23N3O2S2/c1-3-15-27-23(17-31(28,29)21-13-11-18(2)12-14-21)25-26-24(27)30-16-20-9-6-8-19-7-4-5-10-22(19)20/h3-14H,1,15-17H2,2H3. The summed E-state index contributed by atoms with van der Waals surface area (Å²) in [4.78, 5) is 0.288. The van der Waals surface area contributed by atoms with Gasteiger partial charge in [0.2, 0.25) is 0 Å². The van der Waals surface area contributed by atoms with Crippen molar-refractivity contribution in [2.24, 2.45) is 0 Å². The van der Waals surface area contributed by atoms with E-state index in [4.69, 9.17) is 0 Å². The van der Waals surface area contributed by atoms with Crippen LogP contribution in [-0.4, -0.2) is 23.2 Å². The fourth-order valence-corrected chi connectivity index (χ4v) is 5.65. The van der Waals surface area contributed by atoms with Crippen molar-refractivity contribution in [1.29, 1.82) is 0 Å². The summed E-state index contributed by atoms with van der Waals surface area (Å²) in [5.74, 6) is 0.925. The number of benzene rings is 3. The molecule has 5 nitrogen and oxygen atoms in total. The van der Waals surface area contributed by atoms with Gasteiger partial charge < -0.3 is 4.57 Å². The highest BCUT2D eigenvalue weighted by Crippen LogP contribution is 2.28. The van der Waals surface area contributed by atoms with E-state index in [0.717, 1.165) is 5.56 Å². The summed E-state index contributed by atoms with van der Waals surface area (Å²) in [6.45, 7) is 6.18. The first-order valence-electron chi connectivity index (χ1n) is 9.90. The molecule has 0 N–H and O–H groups in total. The van der Waals surface area contributed by atoms with E-state index in [1.807, 2.05) is 29.7 Å². The molecule has 4 rings (SSSR count). The van der Waals surface area contributed by atoms with Gasteiger partial charge in [-0.3, -0.25) is 0 Å². The lowest BCUT2D eigenvalue weighted by Gasteiger charge is -2.10. The summed E-state index contributed by atoms with van der Waals surface area (Å²) < 4.78 is 27.6. The number of aryl methyl sites for hydroxylation is 1. The lowest BCUT2D eigenvalue weighted by atomic mass is 10.1. The highest BCUT2D eigenvalue weighted by atomic mass is 32.2. The topological polar surface area (TPSA) is 64.8 Å². The van der Waals surface area contributed by atoms with Gasteiger partial charge in [0.15, 0.2) is 15.0 Å². The van der Waals surface area contributed by atoms with Gasteiger partial charge in [0.1, 0.15) is 11.6 Å². The molecule has 0 aliphatic rings.